The van der Waals surface area contributed by atoms with E-state index in [1.54, 1.807) is 0 Å². The molecule has 3 nitrogen and oxygen atoms in total. The zero-order chi connectivity index (χ0) is 36.1. The van der Waals surface area contributed by atoms with Crippen molar-refractivity contribution in [2.45, 2.75) is 5.41 Å². The highest BCUT2D eigenvalue weighted by Gasteiger charge is 2.52. The van der Waals surface area contributed by atoms with Crippen LogP contribution in [0.4, 0.5) is 17.1 Å². The number of fused-ring (bicyclic) bond motifs is 15. The summed E-state index contributed by atoms with van der Waals surface area (Å²) in [6.07, 6.45) is 3.90. The molecule has 0 saturated carbocycles. The molecule has 256 valence electrons. The predicted octanol–water partition coefficient (Wildman–Crippen LogP) is 13.6. The van der Waals surface area contributed by atoms with Gasteiger partial charge in [0.1, 0.15) is 11.2 Å². The predicted molar refractivity (Wildman–Crippen MR) is 225 cm³/mol. The van der Waals surface area contributed by atoms with Gasteiger partial charge in [-0.15, -0.1) is 0 Å². The Hall–Kier alpha value is -7.23. The molecule has 2 aliphatic carbocycles. The Morgan fingerprint density at radius 1 is 0.436 bits per heavy atom. The number of hydrogen-bond acceptors (Lipinski definition) is 3. The molecule has 0 saturated heterocycles. The molecule has 10 aromatic rings. The van der Waals surface area contributed by atoms with Crippen LogP contribution in [0.3, 0.4) is 0 Å². The van der Waals surface area contributed by atoms with Crippen molar-refractivity contribution >= 4 is 49.8 Å². The standard InChI is InChI=1S/C52H32N2O/c1-2-13-33(14-3-1)34-25-27-35(28-26-34)54(47-31-49-50(38-29-30-53-32-41(38)47)40-18-7-11-24-48(40)55-49)46-23-12-22-45-51(46)39-17-6-10-21-44(39)52(45)42-19-8-4-15-36(42)37-16-5-9-20-43(37)52/h1-32H. The lowest BCUT2D eigenvalue weighted by molar-refractivity contribution is 0.669. The van der Waals surface area contributed by atoms with E-state index in [0.29, 0.717) is 0 Å². The summed E-state index contributed by atoms with van der Waals surface area (Å²) in [6, 6.07) is 66.1. The number of para-hydroxylation sites is 1. The summed E-state index contributed by atoms with van der Waals surface area (Å²) in [6.45, 7) is 0. The van der Waals surface area contributed by atoms with Gasteiger partial charge in [0.2, 0.25) is 0 Å². The third-order valence-corrected chi connectivity index (χ3v) is 12.0. The molecular weight excluding hydrogens is 669 g/mol. The van der Waals surface area contributed by atoms with Crippen molar-refractivity contribution in [2.75, 3.05) is 4.90 Å². The molecule has 8 aromatic carbocycles. The zero-order valence-corrected chi connectivity index (χ0v) is 29.8. The Kier molecular flexibility index (Phi) is 6.26. The lowest BCUT2D eigenvalue weighted by Gasteiger charge is -2.32. The molecule has 55 heavy (non-hydrogen) atoms. The van der Waals surface area contributed by atoms with E-state index >= 15 is 0 Å². The maximum absolute atomic E-state index is 6.66. The quantitative estimate of drug-likeness (QED) is 0.183. The van der Waals surface area contributed by atoms with Gasteiger partial charge in [-0.2, -0.15) is 0 Å². The number of furan rings is 1. The molecule has 3 heteroatoms. The first-order valence-electron chi connectivity index (χ1n) is 18.9. The molecule has 0 N–H and O–H groups in total. The van der Waals surface area contributed by atoms with Gasteiger partial charge in [-0.1, -0.05) is 146 Å². The second kappa shape index (κ2) is 11.4. The fraction of sp³-hybridized carbons (Fsp3) is 0.0192. The number of benzene rings is 8. The van der Waals surface area contributed by atoms with Gasteiger partial charge in [0, 0.05) is 45.9 Å². The number of hydrogen-bond donors (Lipinski definition) is 0. The lowest BCUT2D eigenvalue weighted by Crippen LogP contribution is -2.26. The summed E-state index contributed by atoms with van der Waals surface area (Å²) in [5.41, 5.74) is 17.2. The number of nitrogens with zero attached hydrogens (tertiary/aromatic N) is 2. The Morgan fingerprint density at radius 3 is 1.82 bits per heavy atom. The monoisotopic (exact) mass is 700 g/mol. The Morgan fingerprint density at radius 2 is 1.05 bits per heavy atom. The largest absolute Gasteiger partial charge is 0.456 e. The first kappa shape index (κ1) is 30.3. The average Bonchev–Trinajstić information content (AvgIpc) is 3.89. The molecule has 2 heterocycles. The van der Waals surface area contributed by atoms with Gasteiger partial charge in [0.15, 0.2) is 0 Å². The first-order valence-corrected chi connectivity index (χ1v) is 18.9. The minimum absolute atomic E-state index is 0.454. The van der Waals surface area contributed by atoms with Gasteiger partial charge >= 0.3 is 0 Å². The Balaban J connectivity index is 1.19. The van der Waals surface area contributed by atoms with Crippen molar-refractivity contribution in [3.8, 4) is 33.4 Å². The van der Waals surface area contributed by atoms with Crippen LogP contribution in [0.25, 0.3) is 66.1 Å². The molecule has 0 fully saturated rings. The molecular formula is C52H32N2O. The van der Waals surface area contributed by atoms with Gasteiger partial charge in [0.25, 0.3) is 0 Å². The summed E-state index contributed by atoms with van der Waals surface area (Å²) in [5, 5.41) is 4.39. The van der Waals surface area contributed by atoms with Gasteiger partial charge in [-0.05, 0) is 85.8 Å². The van der Waals surface area contributed by atoms with Crippen LogP contribution in [0.1, 0.15) is 22.3 Å². The molecule has 0 radical (unpaired) electrons. The lowest BCUT2D eigenvalue weighted by atomic mass is 9.70. The molecule has 2 aliphatic rings. The third kappa shape index (κ3) is 4.07. The highest BCUT2D eigenvalue weighted by atomic mass is 16.3. The van der Waals surface area contributed by atoms with Crippen molar-refractivity contribution in [3.05, 3.63) is 217 Å². The van der Waals surface area contributed by atoms with Crippen molar-refractivity contribution in [2.24, 2.45) is 0 Å². The normalized spacial score (nSPS) is 13.2. The maximum Gasteiger partial charge on any atom is 0.138 e. The second-order valence-electron chi connectivity index (χ2n) is 14.6. The van der Waals surface area contributed by atoms with E-state index in [1.165, 1.54) is 55.6 Å². The topological polar surface area (TPSA) is 29.3 Å². The highest BCUT2D eigenvalue weighted by molar-refractivity contribution is 6.22. The first-order chi connectivity index (χ1) is 27.3. The van der Waals surface area contributed by atoms with E-state index in [1.807, 2.05) is 18.5 Å². The summed E-state index contributed by atoms with van der Waals surface area (Å²) in [4.78, 5) is 7.16. The van der Waals surface area contributed by atoms with Crippen molar-refractivity contribution in [1.82, 2.24) is 4.98 Å². The number of rotatable bonds is 4. The van der Waals surface area contributed by atoms with Gasteiger partial charge in [-0.3, -0.25) is 4.98 Å². The average molecular weight is 701 g/mol. The minimum atomic E-state index is -0.454. The van der Waals surface area contributed by atoms with Gasteiger partial charge in [-0.25, -0.2) is 0 Å². The van der Waals surface area contributed by atoms with Crippen LogP contribution < -0.4 is 4.90 Å². The number of anilines is 3. The molecule has 12 rings (SSSR count). The van der Waals surface area contributed by atoms with Gasteiger partial charge < -0.3 is 9.32 Å². The van der Waals surface area contributed by atoms with Crippen LogP contribution >= 0.6 is 0 Å². The maximum atomic E-state index is 6.66. The van der Waals surface area contributed by atoms with Crippen LogP contribution in [-0.4, -0.2) is 4.98 Å². The van der Waals surface area contributed by atoms with Crippen LogP contribution in [0.5, 0.6) is 0 Å². The Labute approximate surface area is 318 Å². The zero-order valence-electron chi connectivity index (χ0n) is 29.8. The highest BCUT2D eigenvalue weighted by Crippen LogP contribution is 2.64. The smallest absolute Gasteiger partial charge is 0.138 e. The molecule has 1 spiro atoms. The Bertz CT molecular complexity index is 3110. The van der Waals surface area contributed by atoms with E-state index in [9.17, 15) is 0 Å². The van der Waals surface area contributed by atoms with E-state index in [2.05, 4.69) is 181 Å². The van der Waals surface area contributed by atoms with Gasteiger partial charge in [0.05, 0.1) is 16.8 Å². The fourth-order valence-electron chi connectivity index (χ4n) is 9.80. The number of pyridine rings is 1. The summed E-state index contributed by atoms with van der Waals surface area (Å²) < 4.78 is 6.66. The van der Waals surface area contributed by atoms with Crippen molar-refractivity contribution in [1.29, 1.82) is 0 Å². The SMILES string of the molecule is c1ccc(-c2ccc(N(c3cccc4c3-c3ccccc3C43c4ccccc4-c4ccccc43)c3cc4oc5ccccc5c4c4ccncc34)cc2)cc1. The summed E-state index contributed by atoms with van der Waals surface area (Å²) in [7, 11) is 0. The minimum Gasteiger partial charge on any atom is -0.456 e. The fourth-order valence-corrected chi connectivity index (χ4v) is 9.80. The summed E-state index contributed by atoms with van der Waals surface area (Å²) >= 11 is 0. The van der Waals surface area contributed by atoms with Crippen molar-refractivity contribution < 1.29 is 4.42 Å². The molecule has 0 bridgehead atoms. The number of aromatic nitrogens is 1. The van der Waals surface area contributed by atoms with Crippen LogP contribution in [0, 0.1) is 0 Å². The van der Waals surface area contributed by atoms with Crippen molar-refractivity contribution in [3.63, 3.8) is 0 Å². The molecule has 0 aliphatic heterocycles. The van der Waals surface area contributed by atoms with E-state index in [0.717, 1.165) is 49.8 Å². The third-order valence-electron chi connectivity index (χ3n) is 12.0. The van der Waals surface area contributed by atoms with Crippen LogP contribution in [0.15, 0.2) is 199 Å². The molecule has 0 atom stereocenters. The van der Waals surface area contributed by atoms with E-state index in [4.69, 9.17) is 9.40 Å². The van der Waals surface area contributed by atoms with Crippen LogP contribution in [-0.2, 0) is 5.41 Å². The molecule has 2 aromatic heterocycles. The summed E-state index contributed by atoms with van der Waals surface area (Å²) in [5.74, 6) is 0. The van der Waals surface area contributed by atoms with E-state index in [-0.39, 0.29) is 0 Å². The molecule has 0 unspecified atom stereocenters. The van der Waals surface area contributed by atoms with E-state index < -0.39 is 5.41 Å². The second-order valence-corrected chi connectivity index (χ2v) is 14.6. The molecule has 0 amide bonds. The van der Waals surface area contributed by atoms with Crippen LogP contribution in [0.2, 0.25) is 0 Å².